The average Bonchev–Trinajstić information content (AvgIpc) is 2.14. The molecule has 0 spiro atoms. The van der Waals surface area contributed by atoms with E-state index in [2.05, 4.69) is 5.18 Å². The van der Waals surface area contributed by atoms with E-state index < -0.39 is 31.4 Å². The summed E-state index contributed by atoms with van der Waals surface area (Å²) in [7, 11) is 0.604. The van der Waals surface area contributed by atoms with Crippen LogP contribution in [0.1, 0.15) is 5.56 Å². The van der Waals surface area contributed by atoms with Gasteiger partial charge in [0.25, 0.3) is 9.05 Å². The molecular weight excluding hydrogens is 271 g/mol. The van der Waals surface area contributed by atoms with E-state index in [4.69, 9.17) is 10.7 Å². The van der Waals surface area contributed by atoms with Crippen LogP contribution in [0.25, 0.3) is 0 Å². The Morgan fingerprint density at radius 3 is 2.19 bits per heavy atom. The summed E-state index contributed by atoms with van der Waals surface area (Å²) in [5, 5.41) is 2.20. The molecule has 1 aromatic rings. The van der Waals surface area contributed by atoms with Crippen molar-refractivity contribution < 1.29 is 21.6 Å². The number of hydrogen-bond acceptors (Lipinski definition) is 4. The van der Waals surface area contributed by atoms with Gasteiger partial charge >= 0.3 is 6.18 Å². The summed E-state index contributed by atoms with van der Waals surface area (Å²) in [6.45, 7) is 0. The Kier molecular flexibility index (Phi) is 3.25. The van der Waals surface area contributed by atoms with Gasteiger partial charge in [0.15, 0.2) is 0 Å². The van der Waals surface area contributed by atoms with Gasteiger partial charge in [-0.05, 0) is 23.4 Å². The molecule has 0 fully saturated rings. The summed E-state index contributed by atoms with van der Waals surface area (Å²) in [6, 6.07) is 1.41. The van der Waals surface area contributed by atoms with Crippen LogP contribution >= 0.6 is 10.7 Å². The molecule has 0 aromatic heterocycles. The fourth-order valence-corrected chi connectivity index (χ4v) is 1.94. The molecule has 0 heterocycles. The van der Waals surface area contributed by atoms with Crippen molar-refractivity contribution in [3.05, 3.63) is 28.7 Å². The molecule has 9 heteroatoms. The first kappa shape index (κ1) is 12.9. The van der Waals surface area contributed by atoms with Gasteiger partial charge < -0.3 is 0 Å². The molecule has 0 unspecified atom stereocenters. The fraction of sp³-hybridized carbons (Fsp3) is 0.143. The molecule has 4 nitrogen and oxygen atoms in total. The van der Waals surface area contributed by atoms with Crippen LogP contribution in [0.2, 0.25) is 0 Å². The Labute approximate surface area is 92.4 Å². The van der Waals surface area contributed by atoms with Crippen molar-refractivity contribution in [2.24, 2.45) is 5.18 Å². The number of rotatable bonds is 2. The van der Waals surface area contributed by atoms with E-state index >= 15 is 0 Å². The highest BCUT2D eigenvalue weighted by Gasteiger charge is 2.32. The molecule has 0 saturated carbocycles. The Morgan fingerprint density at radius 2 is 1.81 bits per heavy atom. The number of halogens is 4. The number of alkyl halides is 3. The van der Waals surface area contributed by atoms with Crippen LogP contribution < -0.4 is 0 Å². The summed E-state index contributed by atoms with van der Waals surface area (Å²) in [5.41, 5.74) is -2.05. The summed E-state index contributed by atoms with van der Waals surface area (Å²) in [6.07, 6.45) is -4.69. The van der Waals surface area contributed by atoms with Crippen molar-refractivity contribution in [1.82, 2.24) is 0 Å². The highest BCUT2D eigenvalue weighted by atomic mass is 35.7. The zero-order valence-electron chi connectivity index (χ0n) is 7.32. The number of nitrogens with zero attached hydrogens (tertiary/aromatic N) is 1. The lowest BCUT2D eigenvalue weighted by Crippen LogP contribution is -2.05. The molecule has 0 aliphatic carbocycles. The minimum atomic E-state index is -4.69. The van der Waals surface area contributed by atoms with Crippen molar-refractivity contribution in [3.63, 3.8) is 0 Å². The average molecular weight is 274 g/mol. The molecule has 0 atom stereocenters. The third-order valence-corrected chi connectivity index (χ3v) is 3.02. The van der Waals surface area contributed by atoms with Crippen molar-refractivity contribution in [2.75, 3.05) is 0 Å². The Hall–Kier alpha value is -1.15. The standard InChI is InChI=1S/C7H3ClF3NO3S/c8-16(14,15)6-2-1-4(7(9,10)11)3-5(6)12-13/h1-3H. The smallest absolute Gasteiger partial charge is 0.207 e. The van der Waals surface area contributed by atoms with E-state index in [9.17, 15) is 26.5 Å². The van der Waals surface area contributed by atoms with Crippen LogP contribution in [0.4, 0.5) is 18.9 Å². The molecular formula is C7H3ClF3NO3S. The molecule has 1 aromatic carbocycles. The predicted molar refractivity (Wildman–Crippen MR) is 49.9 cm³/mol. The van der Waals surface area contributed by atoms with Crippen LogP contribution in [0.15, 0.2) is 28.3 Å². The molecule has 16 heavy (non-hydrogen) atoms. The van der Waals surface area contributed by atoms with Gasteiger partial charge in [0.2, 0.25) is 0 Å². The van der Waals surface area contributed by atoms with Crippen LogP contribution in [-0.2, 0) is 15.2 Å². The number of nitroso groups, excluding NO2 is 1. The van der Waals surface area contributed by atoms with Crippen molar-refractivity contribution in [1.29, 1.82) is 0 Å². The molecule has 0 saturated heterocycles. The molecule has 0 amide bonds. The van der Waals surface area contributed by atoms with Gasteiger partial charge in [-0.15, -0.1) is 4.91 Å². The topological polar surface area (TPSA) is 63.6 Å². The Morgan fingerprint density at radius 1 is 1.25 bits per heavy atom. The van der Waals surface area contributed by atoms with E-state index in [1.165, 1.54) is 0 Å². The van der Waals surface area contributed by atoms with Crippen molar-refractivity contribution >= 4 is 25.4 Å². The second kappa shape index (κ2) is 4.02. The van der Waals surface area contributed by atoms with Crippen LogP contribution in [0.5, 0.6) is 0 Å². The van der Waals surface area contributed by atoms with Crippen LogP contribution in [-0.4, -0.2) is 8.42 Å². The monoisotopic (exact) mass is 273 g/mol. The van der Waals surface area contributed by atoms with Gasteiger partial charge in [-0.1, -0.05) is 0 Å². The lowest BCUT2D eigenvalue weighted by atomic mass is 10.2. The van der Waals surface area contributed by atoms with Crippen LogP contribution in [0, 0.1) is 4.91 Å². The second-order valence-corrected chi connectivity index (χ2v) is 5.24. The molecule has 88 valence electrons. The molecule has 0 aliphatic rings. The van der Waals surface area contributed by atoms with Crippen LogP contribution in [0.3, 0.4) is 0 Å². The normalized spacial score (nSPS) is 12.5. The van der Waals surface area contributed by atoms with E-state index in [1.807, 2.05) is 0 Å². The minimum Gasteiger partial charge on any atom is -0.207 e. The predicted octanol–water partition coefficient (Wildman–Crippen LogP) is 3.03. The van der Waals surface area contributed by atoms with Gasteiger partial charge in [-0.3, -0.25) is 0 Å². The number of hydrogen-bond donors (Lipinski definition) is 0. The van der Waals surface area contributed by atoms with E-state index in [0.29, 0.717) is 18.2 Å². The van der Waals surface area contributed by atoms with Crippen molar-refractivity contribution in [3.8, 4) is 0 Å². The van der Waals surface area contributed by atoms with E-state index in [1.54, 1.807) is 0 Å². The highest BCUT2D eigenvalue weighted by molar-refractivity contribution is 8.13. The molecule has 0 N–H and O–H groups in total. The van der Waals surface area contributed by atoms with Gasteiger partial charge in [0.05, 0.1) is 5.56 Å². The summed E-state index contributed by atoms with van der Waals surface area (Å²) in [5.74, 6) is 0. The highest BCUT2D eigenvalue weighted by Crippen LogP contribution is 2.35. The summed E-state index contributed by atoms with van der Waals surface area (Å²) in [4.78, 5) is 9.46. The maximum atomic E-state index is 12.2. The lowest BCUT2D eigenvalue weighted by molar-refractivity contribution is -0.137. The summed E-state index contributed by atoms with van der Waals surface area (Å²) >= 11 is 0. The molecule has 1 rings (SSSR count). The van der Waals surface area contributed by atoms with E-state index in [0.717, 1.165) is 0 Å². The van der Waals surface area contributed by atoms with Gasteiger partial charge in [0.1, 0.15) is 10.6 Å². The minimum absolute atomic E-state index is 0.322. The third-order valence-electron chi connectivity index (χ3n) is 1.65. The maximum Gasteiger partial charge on any atom is 0.416 e. The Balaban J connectivity index is 3.46. The zero-order chi connectivity index (χ0) is 12.6. The molecule has 0 aliphatic heterocycles. The maximum absolute atomic E-state index is 12.2. The third kappa shape index (κ3) is 2.70. The largest absolute Gasteiger partial charge is 0.416 e. The van der Waals surface area contributed by atoms with Gasteiger partial charge in [-0.2, -0.15) is 13.2 Å². The van der Waals surface area contributed by atoms with Gasteiger partial charge in [0, 0.05) is 10.7 Å². The summed E-state index contributed by atoms with van der Waals surface area (Å²) < 4.78 is 58.3. The van der Waals surface area contributed by atoms with E-state index in [-0.39, 0.29) is 0 Å². The first-order valence-corrected chi connectivity index (χ1v) is 5.96. The lowest BCUT2D eigenvalue weighted by Gasteiger charge is -2.07. The molecule has 0 bridgehead atoms. The first-order valence-electron chi connectivity index (χ1n) is 3.65. The van der Waals surface area contributed by atoms with Crippen molar-refractivity contribution in [2.45, 2.75) is 11.1 Å². The quantitative estimate of drug-likeness (QED) is 0.614. The zero-order valence-corrected chi connectivity index (χ0v) is 8.90. The molecule has 0 radical (unpaired) electrons. The number of benzene rings is 1. The second-order valence-electron chi connectivity index (χ2n) is 2.71. The Bertz CT molecular complexity index is 526. The SMILES string of the molecule is O=Nc1cc(C(F)(F)F)ccc1S(=O)(=O)Cl. The fourth-order valence-electron chi connectivity index (χ4n) is 0.971. The van der Waals surface area contributed by atoms with Gasteiger partial charge in [-0.25, -0.2) is 8.42 Å². The first-order chi connectivity index (χ1) is 7.16.